The van der Waals surface area contributed by atoms with Gasteiger partial charge in [-0.1, -0.05) is 12.1 Å². The molecule has 5 heteroatoms. The molecular weight excluding hydrogens is 228 g/mol. The second-order valence-corrected chi connectivity index (χ2v) is 4.25. The molecule has 0 aliphatic heterocycles. The third-order valence-corrected chi connectivity index (χ3v) is 2.57. The number of hydrogen-bond donors (Lipinski definition) is 1. The maximum Gasteiger partial charge on any atom is 0.228 e. The Balaban J connectivity index is 2.13. The number of aromatic nitrogens is 3. The first-order chi connectivity index (χ1) is 8.69. The summed E-state index contributed by atoms with van der Waals surface area (Å²) in [6, 6.07) is 3.93. The summed E-state index contributed by atoms with van der Waals surface area (Å²) in [7, 11) is 0. The zero-order valence-corrected chi connectivity index (χ0v) is 11.0. The Morgan fingerprint density at radius 3 is 2.56 bits per heavy atom. The molecule has 0 fully saturated rings. The third kappa shape index (κ3) is 3.13. The van der Waals surface area contributed by atoms with Gasteiger partial charge < -0.3 is 9.84 Å². The van der Waals surface area contributed by atoms with Gasteiger partial charge in [-0.15, -0.1) is 0 Å². The van der Waals surface area contributed by atoms with Crippen LogP contribution in [0.1, 0.15) is 24.2 Å². The molecule has 2 aromatic heterocycles. The van der Waals surface area contributed by atoms with Crippen LogP contribution < -0.4 is 5.32 Å². The van der Waals surface area contributed by atoms with E-state index < -0.39 is 0 Å². The molecule has 0 unspecified atom stereocenters. The summed E-state index contributed by atoms with van der Waals surface area (Å²) in [6.45, 7) is 7.80. The highest BCUT2D eigenvalue weighted by molar-refractivity contribution is 5.55. The van der Waals surface area contributed by atoms with Gasteiger partial charge in [-0.3, -0.25) is 4.98 Å². The van der Waals surface area contributed by atoms with Gasteiger partial charge in [0.25, 0.3) is 0 Å². The second-order valence-electron chi connectivity index (χ2n) is 4.25. The van der Waals surface area contributed by atoms with E-state index in [1.165, 1.54) is 0 Å². The van der Waals surface area contributed by atoms with Crippen molar-refractivity contribution in [3.63, 3.8) is 0 Å². The fraction of sp³-hybridized carbons (Fsp3) is 0.462. The molecule has 0 saturated carbocycles. The minimum Gasteiger partial charge on any atom is -0.339 e. The lowest BCUT2D eigenvalue weighted by Gasteiger charge is -1.99. The number of rotatable bonds is 5. The summed E-state index contributed by atoms with van der Waals surface area (Å²) in [5, 5.41) is 7.23. The van der Waals surface area contributed by atoms with Crippen molar-refractivity contribution in [2.75, 3.05) is 13.1 Å². The molecule has 1 N–H and O–H groups in total. The Bertz CT molecular complexity index is 501. The Morgan fingerprint density at radius 1 is 1.17 bits per heavy atom. The molecule has 0 aliphatic carbocycles. The van der Waals surface area contributed by atoms with Gasteiger partial charge in [-0.05, 0) is 32.5 Å². The van der Waals surface area contributed by atoms with Gasteiger partial charge >= 0.3 is 0 Å². The highest BCUT2D eigenvalue weighted by atomic mass is 16.5. The topological polar surface area (TPSA) is 63.8 Å². The van der Waals surface area contributed by atoms with Crippen LogP contribution in [-0.4, -0.2) is 28.2 Å². The van der Waals surface area contributed by atoms with Crippen molar-refractivity contribution in [1.82, 2.24) is 20.4 Å². The molecule has 0 aliphatic rings. The second kappa shape index (κ2) is 5.73. The first kappa shape index (κ1) is 12.7. The van der Waals surface area contributed by atoms with Crippen LogP contribution in [0, 0.1) is 13.8 Å². The smallest absolute Gasteiger partial charge is 0.228 e. The fourth-order valence-electron chi connectivity index (χ4n) is 1.81. The van der Waals surface area contributed by atoms with Crippen LogP contribution in [0.4, 0.5) is 0 Å². The largest absolute Gasteiger partial charge is 0.339 e. The molecule has 0 atom stereocenters. The number of pyridine rings is 1. The van der Waals surface area contributed by atoms with Crippen molar-refractivity contribution in [3.8, 4) is 11.4 Å². The van der Waals surface area contributed by atoms with Crippen LogP contribution in [-0.2, 0) is 6.42 Å². The van der Waals surface area contributed by atoms with E-state index in [0.717, 1.165) is 36.5 Å². The minimum absolute atomic E-state index is 0.634. The van der Waals surface area contributed by atoms with Crippen molar-refractivity contribution in [1.29, 1.82) is 0 Å². The van der Waals surface area contributed by atoms with E-state index in [-0.39, 0.29) is 0 Å². The maximum absolute atomic E-state index is 5.22. The standard InChI is InChI=1S/C13H18N4O/c1-4-14-6-5-12-16-13(17-18-12)11-7-9(2)15-10(3)8-11/h7-8,14H,4-6H2,1-3H3. The number of aryl methyl sites for hydroxylation is 2. The van der Waals surface area contributed by atoms with Crippen LogP contribution in [0.3, 0.4) is 0 Å². The molecule has 5 nitrogen and oxygen atoms in total. The maximum atomic E-state index is 5.22. The van der Waals surface area contributed by atoms with Gasteiger partial charge in [0.15, 0.2) is 0 Å². The van der Waals surface area contributed by atoms with Gasteiger partial charge in [-0.2, -0.15) is 4.98 Å². The Hall–Kier alpha value is -1.75. The quantitative estimate of drug-likeness (QED) is 0.816. The van der Waals surface area contributed by atoms with E-state index in [9.17, 15) is 0 Å². The van der Waals surface area contributed by atoms with Gasteiger partial charge in [0.1, 0.15) is 0 Å². The van der Waals surface area contributed by atoms with E-state index in [1.54, 1.807) is 0 Å². The lowest BCUT2D eigenvalue weighted by atomic mass is 10.2. The van der Waals surface area contributed by atoms with E-state index in [1.807, 2.05) is 26.0 Å². The predicted octanol–water partition coefficient (Wildman–Crippen LogP) is 1.90. The molecule has 18 heavy (non-hydrogen) atoms. The summed E-state index contributed by atoms with van der Waals surface area (Å²) in [5.74, 6) is 1.30. The summed E-state index contributed by atoms with van der Waals surface area (Å²) >= 11 is 0. The SMILES string of the molecule is CCNCCc1nc(-c2cc(C)nc(C)c2)no1. The van der Waals surface area contributed by atoms with Gasteiger partial charge in [0.05, 0.1) is 0 Å². The van der Waals surface area contributed by atoms with E-state index in [0.29, 0.717) is 11.7 Å². The molecular formula is C13H18N4O. The molecule has 0 saturated heterocycles. The lowest BCUT2D eigenvalue weighted by molar-refractivity contribution is 0.377. The molecule has 2 heterocycles. The van der Waals surface area contributed by atoms with Crippen molar-refractivity contribution in [2.45, 2.75) is 27.2 Å². The van der Waals surface area contributed by atoms with E-state index in [2.05, 4.69) is 27.4 Å². The summed E-state index contributed by atoms with van der Waals surface area (Å²) in [6.07, 6.45) is 0.754. The summed E-state index contributed by atoms with van der Waals surface area (Å²) in [5.41, 5.74) is 2.88. The summed E-state index contributed by atoms with van der Waals surface area (Å²) < 4.78 is 5.22. The average Bonchev–Trinajstić information content (AvgIpc) is 2.77. The third-order valence-electron chi connectivity index (χ3n) is 2.57. The Labute approximate surface area is 107 Å². The number of likely N-dealkylation sites (N-methyl/N-ethyl adjacent to an activating group) is 1. The highest BCUT2D eigenvalue weighted by Gasteiger charge is 2.09. The average molecular weight is 246 g/mol. The van der Waals surface area contributed by atoms with Gasteiger partial charge in [0, 0.05) is 29.9 Å². The molecule has 2 rings (SSSR count). The Morgan fingerprint density at radius 2 is 1.89 bits per heavy atom. The van der Waals surface area contributed by atoms with Crippen molar-refractivity contribution in [3.05, 3.63) is 29.4 Å². The van der Waals surface area contributed by atoms with Crippen molar-refractivity contribution >= 4 is 0 Å². The molecule has 0 radical (unpaired) electrons. The normalized spacial score (nSPS) is 10.8. The molecule has 0 bridgehead atoms. The molecule has 96 valence electrons. The first-order valence-electron chi connectivity index (χ1n) is 6.18. The number of nitrogens with one attached hydrogen (secondary N) is 1. The molecule has 0 aromatic carbocycles. The fourth-order valence-corrected chi connectivity index (χ4v) is 1.81. The zero-order valence-electron chi connectivity index (χ0n) is 11.0. The summed E-state index contributed by atoms with van der Waals surface area (Å²) in [4.78, 5) is 8.72. The van der Waals surface area contributed by atoms with Gasteiger partial charge in [-0.25, -0.2) is 0 Å². The van der Waals surface area contributed by atoms with Crippen LogP contribution >= 0.6 is 0 Å². The van der Waals surface area contributed by atoms with Gasteiger partial charge in [0.2, 0.25) is 11.7 Å². The predicted molar refractivity (Wildman–Crippen MR) is 69.3 cm³/mol. The van der Waals surface area contributed by atoms with Crippen LogP contribution in [0.25, 0.3) is 11.4 Å². The lowest BCUT2D eigenvalue weighted by Crippen LogP contribution is -2.16. The van der Waals surface area contributed by atoms with Crippen molar-refractivity contribution < 1.29 is 4.52 Å². The zero-order chi connectivity index (χ0) is 13.0. The van der Waals surface area contributed by atoms with Crippen LogP contribution in [0.15, 0.2) is 16.7 Å². The highest BCUT2D eigenvalue weighted by Crippen LogP contribution is 2.17. The van der Waals surface area contributed by atoms with E-state index >= 15 is 0 Å². The minimum atomic E-state index is 0.634. The van der Waals surface area contributed by atoms with E-state index in [4.69, 9.17) is 4.52 Å². The van der Waals surface area contributed by atoms with Crippen LogP contribution in [0.2, 0.25) is 0 Å². The number of nitrogens with zero attached hydrogens (tertiary/aromatic N) is 3. The molecule has 0 amide bonds. The Kier molecular flexibility index (Phi) is 4.04. The number of hydrogen-bond acceptors (Lipinski definition) is 5. The van der Waals surface area contributed by atoms with Crippen LogP contribution in [0.5, 0.6) is 0 Å². The molecule has 0 spiro atoms. The van der Waals surface area contributed by atoms with Crippen molar-refractivity contribution in [2.24, 2.45) is 0 Å². The first-order valence-corrected chi connectivity index (χ1v) is 6.18. The molecule has 2 aromatic rings. The monoisotopic (exact) mass is 246 g/mol.